The van der Waals surface area contributed by atoms with Crippen molar-refractivity contribution in [1.82, 2.24) is 9.80 Å². The van der Waals surface area contributed by atoms with Crippen molar-refractivity contribution in [2.24, 2.45) is 11.7 Å². The van der Waals surface area contributed by atoms with Crippen molar-refractivity contribution in [3.8, 4) is 0 Å². The van der Waals surface area contributed by atoms with Crippen LogP contribution in [-0.4, -0.2) is 55.0 Å². The molecule has 0 radical (unpaired) electrons. The average Bonchev–Trinajstić information content (AvgIpc) is 2.48. The van der Waals surface area contributed by atoms with Gasteiger partial charge in [0.15, 0.2) is 0 Å². The van der Waals surface area contributed by atoms with Gasteiger partial charge < -0.3 is 10.6 Å². The highest BCUT2D eigenvalue weighted by atomic mass is 16.2. The number of benzene rings is 1. The van der Waals surface area contributed by atoms with E-state index < -0.39 is 0 Å². The number of carbonyl (C=O) groups is 1. The molecular formula is C17H27N3O. The second-order valence-corrected chi connectivity index (χ2v) is 6.22. The molecule has 1 heterocycles. The summed E-state index contributed by atoms with van der Waals surface area (Å²) in [5, 5.41) is 0. The van der Waals surface area contributed by atoms with Crippen LogP contribution in [0.25, 0.3) is 0 Å². The van der Waals surface area contributed by atoms with Crippen molar-refractivity contribution in [3.05, 3.63) is 35.4 Å². The third-order valence-electron chi connectivity index (χ3n) is 3.92. The van der Waals surface area contributed by atoms with Crippen molar-refractivity contribution < 1.29 is 4.79 Å². The van der Waals surface area contributed by atoms with Crippen LogP contribution in [0.5, 0.6) is 0 Å². The predicted molar refractivity (Wildman–Crippen MR) is 86.4 cm³/mol. The van der Waals surface area contributed by atoms with Crippen LogP contribution in [0.15, 0.2) is 24.3 Å². The van der Waals surface area contributed by atoms with Gasteiger partial charge in [0.2, 0.25) is 0 Å². The molecule has 2 rings (SSSR count). The van der Waals surface area contributed by atoms with E-state index in [1.165, 1.54) is 5.56 Å². The first-order chi connectivity index (χ1) is 10.1. The average molecular weight is 289 g/mol. The monoisotopic (exact) mass is 289 g/mol. The molecular weight excluding hydrogens is 262 g/mol. The predicted octanol–water partition coefficient (Wildman–Crippen LogP) is 1.60. The van der Waals surface area contributed by atoms with Crippen LogP contribution < -0.4 is 5.73 Å². The number of nitrogens with zero attached hydrogens (tertiary/aromatic N) is 2. The molecule has 1 fully saturated rings. The Bertz CT molecular complexity index is 448. The first kappa shape index (κ1) is 16.0. The molecule has 0 atom stereocenters. The number of hydrogen-bond donors (Lipinski definition) is 1. The summed E-state index contributed by atoms with van der Waals surface area (Å²) in [5.41, 5.74) is 7.52. The second-order valence-electron chi connectivity index (χ2n) is 6.22. The quantitative estimate of drug-likeness (QED) is 0.896. The molecule has 1 aromatic rings. The maximum atomic E-state index is 12.5. The Balaban J connectivity index is 1.89. The van der Waals surface area contributed by atoms with Gasteiger partial charge in [-0.05, 0) is 36.6 Å². The van der Waals surface area contributed by atoms with Crippen molar-refractivity contribution in [2.75, 3.05) is 39.3 Å². The van der Waals surface area contributed by atoms with Crippen LogP contribution in [-0.2, 0) is 6.42 Å². The van der Waals surface area contributed by atoms with Crippen molar-refractivity contribution in [3.63, 3.8) is 0 Å². The zero-order chi connectivity index (χ0) is 15.2. The summed E-state index contributed by atoms with van der Waals surface area (Å²) in [7, 11) is 0. The van der Waals surface area contributed by atoms with Gasteiger partial charge in [0.25, 0.3) is 5.91 Å². The second kappa shape index (κ2) is 7.57. The highest BCUT2D eigenvalue weighted by molar-refractivity contribution is 5.94. The Labute approximate surface area is 127 Å². The molecule has 0 aromatic heterocycles. The number of piperazine rings is 1. The largest absolute Gasteiger partial charge is 0.336 e. The summed E-state index contributed by atoms with van der Waals surface area (Å²) in [6.45, 7) is 9.86. The molecule has 0 aliphatic carbocycles. The molecule has 0 unspecified atom stereocenters. The first-order valence-electron chi connectivity index (χ1n) is 7.90. The SMILES string of the molecule is CC(C)CN1CCN(C(=O)c2ccc(CCN)cc2)CC1. The lowest BCUT2D eigenvalue weighted by molar-refractivity contribution is 0.0624. The maximum absolute atomic E-state index is 12.5. The van der Waals surface area contributed by atoms with Gasteiger partial charge in [0, 0.05) is 38.3 Å². The lowest BCUT2D eigenvalue weighted by Gasteiger charge is -2.35. The van der Waals surface area contributed by atoms with E-state index in [0.717, 1.165) is 44.7 Å². The minimum absolute atomic E-state index is 0.151. The molecule has 1 amide bonds. The van der Waals surface area contributed by atoms with Crippen molar-refractivity contribution in [1.29, 1.82) is 0 Å². The van der Waals surface area contributed by atoms with Crippen LogP contribution in [0.4, 0.5) is 0 Å². The van der Waals surface area contributed by atoms with Gasteiger partial charge in [0.05, 0.1) is 0 Å². The summed E-state index contributed by atoms with van der Waals surface area (Å²) in [4.78, 5) is 16.9. The minimum Gasteiger partial charge on any atom is -0.336 e. The van der Waals surface area contributed by atoms with E-state index in [9.17, 15) is 4.79 Å². The van der Waals surface area contributed by atoms with E-state index in [-0.39, 0.29) is 5.91 Å². The Morgan fingerprint density at radius 1 is 1.14 bits per heavy atom. The van der Waals surface area contributed by atoms with Gasteiger partial charge in [-0.2, -0.15) is 0 Å². The van der Waals surface area contributed by atoms with Gasteiger partial charge in [0.1, 0.15) is 0 Å². The molecule has 2 N–H and O–H groups in total. The van der Waals surface area contributed by atoms with Crippen LogP contribution in [0, 0.1) is 5.92 Å². The molecule has 1 aliphatic heterocycles. The number of amides is 1. The highest BCUT2D eigenvalue weighted by Gasteiger charge is 2.22. The fraction of sp³-hybridized carbons (Fsp3) is 0.588. The number of rotatable bonds is 5. The minimum atomic E-state index is 0.151. The smallest absolute Gasteiger partial charge is 0.253 e. The number of hydrogen-bond acceptors (Lipinski definition) is 3. The van der Waals surface area contributed by atoms with E-state index in [0.29, 0.717) is 12.5 Å². The number of nitrogens with two attached hydrogens (primary N) is 1. The lowest BCUT2D eigenvalue weighted by Crippen LogP contribution is -2.49. The molecule has 4 heteroatoms. The van der Waals surface area contributed by atoms with Gasteiger partial charge in [-0.25, -0.2) is 0 Å². The van der Waals surface area contributed by atoms with Crippen LogP contribution in [0.1, 0.15) is 29.8 Å². The van der Waals surface area contributed by atoms with Gasteiger partial charge >= 0.3 is 0 Å². The van der Waals surface area contributed by atoms with E-state index in [1.807, 2.05) is 29.2 Å². The molecule has 0 bridgehead atoms. The van der Waals surface area contributed by atoms with Crippen molar-refractivity contribution in [2.45, 2.75) is 20.3 Å². The Morgan fingerprint density at radius 3 is 2.29 bits per heavy atom. The zero-order valence-electron chi connectivity index (χ0n) is 13.2. The maximum Gasteiger partial charge on any atom is 0.253 e. The Kier molecular flexibility index (Phi) is 5.76. The van der Waals surface area contributed by atoms with Crippen LogP contribution in [0.3, 0.4) is 0 Å². The standard InChI is InChI=1S/C17H27N3O/c1-14(2)13-19-9-11-20(12-10-19)17(21)16-5-3-15(4-6-16)7-8-18/h3-6,14H,7-13,18H2,1-2H3. The molecule has 21 heavy (non-hydrogen) atoms. The number of carbonyl (C=O) groups excluding carboxylic acids is 1. The van der Waals surface area contributed by atoms with Gasteiger partial charge in [-0.15, -0.1) is 0 Å². The fourth-order valence-electron chi connectivity index (χ4n) is 2.81. The zero-order valence-corrected chi connectivity index (χ0v) is 13.2. The summed E-state index contributed by atoms with van der Waals surface area (Å²) < 4.78 is 0. The van der Waals surface area contributed by atoms with E-state index in [2.05, 4.69) is 18.7 Å². The van der Waals surface area contributed by atoms with Gasteiger partial charge in [-0.1, -0.05) is 26.0 Å². The van der Waals surface area contributed by atoms with Crippen LogP contribution >= 0.6 is 0 Å². The lowest BCUT2D eigenvalue weighted by atomic mass is 10.1. The molecule has 116 valence electrons. The molecule has 1 aliphatic rings. The summed E-state index contributed by atoms with van der Waals surface area (Å²) in [6.07, 6.45) is 0.863. The first-order valence-corrected chi connectivity index (χ1v) is 7.90. The third-order valence-corrected chi connectivity index (χ3v) is 3.92. The van der Waals surface area contributed by atoms with Crippen molar-refractivity contribution >= 4 is 5.91 Å². The Hall–Kier alpha value is -1.39. The molecule has 0 saturated carbocycles. The normalized spacial score (nSPS) is 16.5. The topological polar surface area (TPSA) is 49.6 Å². The van der Waals surface area contributed by atoms with E-state index in [4.69, 9.17) is 5.73 Å². The molecule has 4 nitrogen and oxygen atoms in total. The summed E-state index contributed by atoms with van der Waals surface area (Å²) in [6, 6.07) is 7.87. The van der Waals surface area contributed by atoms with Gasteiger partial charge in [-0.3, -0.25) is 9.69 Å². The highest BCUT2D eigenvalue weighted by Crippen LogP contribution is 2.11. The third kappa shape index (κ3) is 4.55. The van der Waals surface area contributed by atoms with Crippen LogP contribution in [0.2, 0.25) is 0 Å². The van der Waals surface area contributed by atoms with E-state index >= 15 is 0 Å². The molecule has 1 aromatic carbocycles. The fourth-order valence-corrected chi connectivity index (χ4v) is 2.81. The summed E-state index contributed by atoms with van der Waals surface area (Å²) >= 11 is 0. The summed E-state index contributed by atoms with van der Waals surface area (Å²) in [5.74, 6) is 0.834. The molecule has 0 spiro atoms. The Morgan fingerprint density at radius 2 is 1.76 bits per heavy atom. The molecule has 1 saturated heterocycles. The van der Waals surface area contributed by atoms with E-state index in [1.54, 1.807) is 0 Å².